The summed E-state index contributed by atoms with van der Waals surface area (Å²) in [5.41, 5.74) is 1.74. The number of morpholine rings is 1. The number of carbonyl (C=O) groups is 2. The lowest BCUT2D eigenvalue weighted by molar-refractivity contribution is -0.0360. The number of ether oxygens (including phenoxy) is 3. The van der Waals surface area contributed by atoms with Gasteiger partial charge in [0.2, 0.25) is 0 Å². The number of esters is 1. The van der Waals surface area contributed by atoms with Crippen molar-refractivity contribution in [2.75, 3.05) is 56.6 Å². The number of fused-ring (bicyclic) bond motifs is 3. The largest absolute Gasteiger partial charge is 0.472 e. The maximum absolute atomic E-state index is 15.8. The summed E-state index contributed by atoms with van der Waals surface area (Å²) in [6, 6.07) is 11.6. The number of aliphatic hydroxyl groups is 2. The molecule has 3 fully saturated rings. The highest BCUT2D eigenvalue weighted by Gasteiger charge is 2.42. The molecule has 3 saturated heterocycles. The number of para-hydroxylation sites is 1. The lowest BCUT2D eigenvalue weighted by Gasteiger charge is -2.47. The predicted octanol–water partition coefficient (Wildman–Crippen LogP) is 4.49. The van der Waals surface area contributed by atoms with Crippen LogP contribution in [0.1, 0.15) is 39.1 Å². The summed E-state index contributed by atoms with van der Waals surface area (Å²) < 4.78 is 32.7. The van der Waals surface area contributed by atoms with Crippen LogP contribution in [0.4, 0.5) is 15.8 Å². The first-order valence-electron chi connectivity index (χ1n) is 15.0. The van der Waals surface area contributed by atoms with E-state index in [4.69, 9.17) is 37.4 Å². The van der Waals surface area contributed by atoms with E-state index < -0.39 is 23.3 Å². The van der Waals surface area contributed by atoms with E-state index in [0.29, 0.717) is 41.5 Å². The van der Waals surface area contributed by atoms with Gasteiger partial charge in [-0.25, -0.2) is 9.18 Å². The van der Waals surface area contributed by atoms with E-state index in [9.17, 15) is 19.8 Å². The third-order valence-electron chi connectivity index (χ3n) is 9.28. The van der Waals surface area contributed by atoms with Crippen molar-refractivity contribution in [3.8, 4) is 16.9 Å². The van der Waals surface area contributed by atoms with Gasteiger partial charge in [0.1, 0.15) is 17.2 Å². The highest BCUT2D eigenvalue weighted by molar-refractivity contribution is 6.40. The molecule has 2 unspecified atom stereocenters. The topological polar surface area (TPSA) is 112 Å². The fourth-order valence-corrected chi connectivity index (χ4v) is 7.58. The number of aliphatic hydroxyl groups excluding tert-OH is 1. The summed E-state index contributed by atoms with van der Waals surface area (Å²) >= 11 is 13.1. The molecule has 3 aromatic carbocycles. The molecule has 2 bridgehead atoms. The molecule has 242 valence electrons. The molecule has 46 heavy (non-hydrogen) atoms. The number of carbonyl (C=O) groups excluding carboxylic acids is 2. The number of methoxy groups -OCH3 is 1. The fraction of sp³-hybridized carbons (Fsp3) is 0.394. The van der Waals surface area contributed by atoms with Crippen LogP contribution in [0.15, 0.2) is 42.5 Å². The van der Waals surface area contributed by atoms with Crippen LogP contribution in [0.5, 0.6) is 5.75 Å². The van der Waals surface area contributed by atoms with Gasteiger partial charge in [0, 0.05) is 22.4 Å². The van der Waals surface area contributed by atoms with Crippen molar-refractivity contribution < 1.29 is 38.4 Å². The van der Waals surface area contributed by atoms with Gasteiger partial charge in [0.25, 0.3) is 5.91 Å². The standard InChI is InChI=1S/C33H32Cl2FN3O7/c1-44-32(42)24-9-27(36)23(10-28(24)39-19-5-6-20(39)13-45-12-19)22-4-2-3-18-11-37(17-46-30(18)22)31(41)29-25(34)7-21(8-26(29)35)38-14-33(43,15-38)16-40/h2-4,7-10,19-20,40,43H,5-6,11-17H2,1H3. The predicted molar refractivity (Wildman–Crippen MR) is 169 cm³/mol. The molecule has 0 aliphatic carbocycles. The second-order valence-corrected chi connectivity index (χ2v) is 13.1. The molecule has 0 radical (unpaired) electrons. The molecule has 10 nitrogen and oxygen atoms in total. The number of hydrogen-bond acceptors (Lipinski definition) is 9. The van der Waals surface area contributed by atoms with Crippen LogP contribution in [-0.4, -0.2) is 91.4 Å². The smallest absolute Gasteiger partial charge is 0.340 e. The van der Waals surface area contributed by atoms with Crippen molar-refractivity contribution in [2.24, 2.45) is 0 Å². The molecule has 4 aliphatic heterocycles. The summed E-state index contributed by atoms with van der Waals surface area (Å²) in [5.74, 6) is -1.21. The molecule has 4 aliphatic rings. The van der Waals surface area contributed by atoms with Gasteiger partial charge in [-0.15, -0.1) is 0 Å². The Kier molecular flexibility index (Phi) is 8.01. The Morgan fingerprint density at radius 1 is 1.07 bits per heavy atom. The minimum atomic E-state index is -1.18. The monoisotopic (exact) mass is 671 g/mol. The second kappa shape index (κ2) is 11.9. The maximum atomic E-state index is 15.8. The molecule has 2 N–H and O–H groups in total. The number of nitrogens with zero attached hydrogens (tertiary/aromatic N) is 3. The summed E-state index contributed by atoms with van der Waals surface area (Å²) in [4.78, 5) is 31.8. The van der Waals surface area contributed by atoms with Crippen LogP contribution in [0.3, 0.4) is 0 Å². The van der Waals surface area contributed by atoms with E-state index in [0.717, 1.165) is 12.8 Å². The number of rotatable bonds is 6. The molecule has 2 atom stereocenters. The zero-order chi connectivity index (χ0) is 32.3. The van der Waals surface area contributed by atoms with Crippen molar-refractivity contribution in [1.29, 1.82) is 0 Å². The van der Waals surface area contributed by atoms with Crippen molar-refractivity contribution in [2.45, 2.75) is 37.1 Å². The third kappa shape index (κ3) is 5.24. The quantitative estimate of drug-likeness (QED) is 0.366. The van der Waals surface area contributed by atoms with Gasteiger partial charge in [-0.3, -0.25) is 4.79 Å². The van der Waals surface area contributed by atoms with Crippen LogP contribution >= 0.6 is 23.2 Å². The maximum Gasteiger partial charge on any atom is 0.340 e. The minimum Gasteiger partial charge on any atom is -0.472 e. The van der Waals surface area contributed by atoms with Crippen molar-refractivity contribution in [3.63, 3.8) is 0 Å². The molecule has 1 amide bonds. The molecular weight excluding hydrogens is 640 g/mol. The van der Waals surface area contributed by atoms with E-state index in [1.165, 1.54) is 18.1 Å². The van der Waals surface area contributed by atoms with Gasteiger partial charge in [0.05, 0.1) is 85.5 Å². The highest BCUT2D eigenvalue weighted by Crippen LogP contribution is 2.44. The van der Waals surface area contributed by atoms with Gasteiger partial charge in [-0.1, -0.05) is 41.4 Å². The van der Waals surface area contributed by atoms with Crippen molar-refractivity contribution in [1.82, 2.24) is 4.90 Å². The average Bonchev–Trinajstić information content (AvgIpc) is 3.28. The van der Waals surface area contributed by atoms with Crippen LogP contribution in [0.2, 0.25) is 10.0 Å². The van der Waals surface area contributed by atoms with Crippen molar-refractivity contribution >= 4 is 46.5 Å². The Balaban J connectivity index is 1.18. The van der Waals surface area contributed by atoms with Crippen LogP contribution in [-0.2, 0) is 16.0 Å². The number of benzene rings is 3. The first-order chi connectivity index (χ1) is 22.1. The SMILES string of the molecule is COC(=O)c1cc(F)c(-c2cccc3c2OCN(C(=O)c2c(Cl)cc(N4CC(O)(CO)C4)cc2Cl)C3)cc1N1C2CCC1COC2. The van der Waals surface area contributed by atoms with E-state index in [-0.39, 0.29) is 71.8 Å². The Morgan fingerprint density at radius 3 is 2.41 bits per heavy atom. The Hall–Kier alpha value is -3.61. The van der Waals surface area contributed by atoms with Gasteiger partial charge < -0.3 is 39.1 Å². The number of anilines is 2. The van der Waals surface area contributed by atoms with Gasteiger partial charge >= 0.3 is 5.97 Å². The summed E-state index contributed by atoms with van der Waals surface area (Å²) in [6.07, 6.45) is 1.82. The molecule has 7 rings (SSSR count). The number of hydrogen-bond donors (Lipinski definition) is 2. The minimum absolute atomic E-state index is 0.0726. The summed E-state index contributed by atoms with van der Waals surface area (Å²) in [6.45, 7) is 1.15. The molecule has 13 heteroatoms. The normalized spacial score (nSPS) is 21.4. The van der Waals surface area contributed by atoms with E-state index in [2.05, 4.69) is 4.90 Å². The molecule has 4 heterocycles. The van der Waals surface area contributed by atoms with Crippen LogP contribution in [0.25, 0.3) is 11.1 Å². The fourth-order valence-electron chi connectivity index (χ4n) is 6.94. The molecule has 0 aromatic heterocycles. The van der Waals surface area contributed by atoms with Crippen molar-refractivity contribution in [3.05, 3.63) is 75.0 Å². The highest BCUT2D eigenvalue weighted by atomic mass is 35.5. The summed E-state index contributed by atoms with van der Waals surface area (Å²) in [7, 11) is 1.28. The van der Waals surface area contributed by atoms with Gasteiger partial charge in [0.15, 0.2) is 6.73 Å². The summed E-state index contributed by atoms with van der Waals surface area (Å²) in [5, 5.41) is 19.8. The average molecular weight is 673 g/mol. The molecule has 0 saturated carbocycles. The zero-order valence-corrected chi connectivity index (χ0v) is 26.5. The third-order valence-corrected chi connectivity index (χ3v) is 9.88. The van der Waals surface area contributed by atoms with E-state index >= 15 is 4.39 Å². The molecular formula is C33H32Cl2FN3O7. The second-order valence-electron chi connectivity index (χ2n) is 12.3. The van der Waals surface area contributed by atoms with Crippen LogP contribution < -0.4 is 14.5 Å². The number of halogens is 3. The van der Waals surface area contributed by atoms with E-state index in [1.807, 2.05) is 0 Å². The lowest BCUT2D eigenvalue weighted by Crippen LogP contribution is -2.64. The van der Waals surface area contributed by atoms with E-state index in [1.54, 1.807) is 41.3 Å². The number of amides is 1. The van der Waals surface area contributed by atoms with Gasteiger partial charge in [-0.05, 0) is 37.1 Å². The Labute approximate surface area is 274 Å². The Morgan fingerprint density at radius 2 is 1.76 bits per heavy atom. The lowest BCUT2D eigenvalue weighted by atomic mass is 9.94. The Bertz CT molecular complexity index is 1690. The first-order valence-corrected chi connectivity index (χ1v) is 15.8. The molecule has 3 aromatic rings. The number of β-amino-alcohol motifs (C(OH)–C–C–N with tert-alkyl or cyclic N) is 1. The van der Waals surface area contributed by atoms with Gasteiger partial charge in [-0.2, -0.15) is 0 Å². The first kappa shape index (κ1) is 31.0. The zero-order valence-electron chi connectivity index (χ0n) is 25.0. The molecule has 0 spiro atoms. The van der Waals surface area contributed by atoms with Crippen LogP contribution in [0, 0.1) is 5.82 Å².